The van der Waals surface area contributed by atoms with Gasteiger partial charge in [-0.25, -0.2) is 0 Å². The maximum Gasteiger partial charge on any atom is 0.204 e. The van der Waals surface area contributed by atoms with Gasteiger partial charge in [-0.15, -0.1) is 13.2 Å². The van der Waals surface area contributed by atoms with E-state index in [9.17, 15) is 8.78 Å². The van der Waals surface area contributed by atoms with Crippen molar-refractivity contribution >= 4 is 0 Å². The molecule has 1 aromatic rings. The number of hydrogen-bond acceptors (Lipinski definition) is 2. The molecule has 4 heteroatoms. The Morgan fingerprint density at radius 2 is 1.41 bits per heavy atom. The number of hydrogen-bond donors (Lipinski definition) is 0. The molecule has 0 unspecified atom stereocenters. The Hall–Kier alpha value is -1.84. The van der Waals surface area contributed by atoms with Gasteiger partial charge in [0, 0.05) is 2.85 Å². The Morgan fingerprint density at radius 1 is 0.862 bits per heavy atom. The third-order valence-corrected chi connectivity index (χ3v) is 6.77. The lowest BCUT2D eigenvalue weighted by Gasteiger charge is -2.37. The van der Waals surface area contributed by atoms with Crippen molar-refractivity contribution in [1.29, 1.82) is 0 Å². The molecule has 2 aliphatic rings. The minimum Gasteiger partial charge on any atom is -0.490 e. The van der Waals surface area contributed by atoms with Crippen LogP contribution in [0.5, 0.6) is 11.5 Å². The molecule has 0 aliphatic heterocycles. The fraction of sp³-hybridized carbons (Fsp3) is 0.600. The summed E-state index contributed by atoms with van der Waals surface area (Å²) in [5, 5.41) is 0. The van der Waals surface area contributed by atoms with Crippen molar-refractivity contribution in [2.45, 2.75) is 57.8 Å². The Bertz CT molecular complexity index is 682. The van der Waals surface area contributed by atoms with Gasteiger partial charge >= 0.3 is 0 Å². The van der Waals surface area contributed by atoms with E-state index in [1.165, 1.54) is 50.7 Å². The van der Waals surface area contributed by atoms with Crippen LogP contribution >= 0.6 is 0 Å². The lowest BCUT2D eigenvalue weighted by Crippen LogP contribution is -2.27. The molecule has 2 fully saturated rings. The maximum atomic E-state index is 14.3. The summed E-state index contributed by atoms with van der Waals surface area (Å²) < 4.78 is 39.3. The molecular formula is C25H38F2O2. The molecule has 0 radical (unpaired) electrons. The second-order valence-electron chi connectivity index (χ2n) is 8.62. The fourth-order valence-electron chi connectivity index (χ4n) is 4.88. The van der Waals surface area contributed by atoms with Gasteiger partial charge in [0.25, 0.3) is 0 Å². The van der Waals surface area contributed by atoms with E-state index < -0.39 is 11.6 Å². The first-order valence-electron chi connectivity index (χ1n) is 11.1. The Morgan fingerprint density at radius 3 is 1.97 bits per heavy atom. The Labute approximate surface area is 177 Å². The summed E-state index contributed by atoms with van der Waals surface area (Å²) >= 11 is 0. The average Bonchev–Trinajstić information content (AvgIpc) is 2.77. The number of rotatable bonds is 9. The summed E-state index contributed by atoms with van der Waals surface area (Å²) in [6.45, 7) is 8.24. The van der Waals surface area contributed by atoms with Crippen molar-refractivity contribution in [3.8, 4) is 11.5 Å². The molecule has 0 atom stereocenters. The molecule has 0 saturated heterocycles. The van der Waals surface area contributed by atoms with Crippen molar-refractivity contribution in [1.82, 2.24) is 0 Å². The molecule has 3 rings (SSSR count). The van der Waals surface area contributed by atoms with Crippen LogP contribution in [0.1, 0.15) is 60.6 Å². The van der Waals surface area contributed by atoms with Gasteiger partial charge in [-0.3, -0.25) is 0 Å². The van der Waals surface area contributed by atoms with E-state index in [4.69, 9.17) is 9.47 Å². The molecule has 164 valence electrons. The largest absolute Gasteiger partial charge is 0.490 e. The van der Waals surface area contributed by atoms with Gasteiger partial charge in [-0.1, -0.05) is 12.2 Å². The first-order valence-corrected chi connectivity index (χ1v) is 11.1. The number of allylic oxidation sites excluding steroid dienone is 1. The topological polar surface area (TPSA) is 18.5 Å². The van der Waals surface area contributed by atoms with Gasteiger partial charge < -0.3 is 9.47 Å². The van der Waals surface area contributed by atoms with Crippen molar-refractivity contribution < 1.29 is 21.1 Å². The van der Waals surface area contributed by atoms with Gasteiger partial charge in [0.1, 0.15) is 0 Å². The summed E-state index contributed by atoms with van der Waals surface area (Å²) in [5.41, 5.74) is 0. The van der Waals surface area contributed by atoms with E-state index in [1.807, 2.05) is 0 Å². The molecule has 0 spiro atoms. The van der Waals surface area contributed by atoms with Crippen LogP contribution in [0.25, 0.3) is 0 Å². The van der Waals surface area contributed by atoms with Crippen LogP contribution in [-0.4, -0.2) is 13.2 Å². The number of benzene rings is 1. The number of halogens is 2. The minimum atomic E-state index is -0.981. The summed E-state index contributed by atoms with van der Waals surface area (Å²) in [7, 11) is 0. The fourth-order valence-corrected chi connectivity index (χ4v) is 4.88. The van der Waals surface area contributed by atoms with E-state index in [0.29, 0.717) is 24.9 Å². The monoisotopic (exact) mass is 408 g/mol. The molecule has 2 saturated carbocycles. The SMILES string of the molecule is C=CCCOc1ccc(OCC2CCC(C3CCC(C=C)CC3)CC2)c(F)c1F.[HH].[HH]. The molecule has 2 nitrogen and oxygen atoms in total. The third kappa shape index (κ3) is 5.83. The van der Waals surface area contributed by atoms with Crippen molar-refractivity contribution in [2.24, 2.45) is 23.7 Å². The zero-order chi connectivity index (χ0) is 20.6. The second kappa shape index (κ2) is 10.8. The van der Waals surface area contributed by atoms with Crippen molar-refractivity contribution in [3.05, 3.63) is 49.1 Å². The molecule has 0 aromatic heterocycles. The van der Waals surface area contributed by atoms with E-state index in [-0.39, 0.29) is 21.0 Å². The van der Waals surface area contributed by atoms with E-state index in [1.54, 1.807) is 6.08 Å². The van der Waals surface area contributed by atoms with E-state index >= 15 is 0 Å². The highest BCUT2D eigenvalue weighted by molar-refractivity contribution is 5.35. The predicted molar refractivity (Wildman–Crippen MR) is 117 cm³/mol. The predicted octanol–water partition coefficient (Wildman–Crippen LogP) is 7.59. The number of ether oxygens (including phenoxy) is 2. The van der Waals surface area contributed by atoms with Gasteiger partial charge in [-0.05, 0) is 93.6 Å². The molecule has 2 aliphatic carbocycles. The van der Waals surface area contributed by atoms with Crippen LogP contribution in [0.2, 0.25) is 0 Å². The van der Waals surface area contributed by atoms with Crippen LogP contribution in [0, 0.1) is 35.3 Å². The van der Waals surface area contributed by atoms with Crippen LogP contribution in [0.3, 0.4) is 0 Å². The quantitative estimate of drug-likeness (QED) is 0.309. The average molecular weight is 409 g/mol. The summed E-state index contributed by atoms with van der Waals surface area (Å²) in [5.74, 6) is 0.754. The Kier molecular flexibility index (Phi) is 8.14. The van der Waals surface area contributed by atoms with Crippen LogP contribution in [0.4, 0.5) is 8.78 Å². The standard InChI is InChI=1S/C25H34F2O2.2H2/c1-3-5-16-28-22-14-15-23(25(27)24(22)26)29-17-19-8-12-21(13-9-19)20-10-6-18(4-2)7-11-20;;/h3-4,14-15,18-21H,1-2,5-13,16-17H2;2*1H. The van der Waals surface area contributed by atoms with Crippen LogP contribution in [-0.2, 0) is 0 Å². The molecular weight excluding hydrogens is 370 g/mol. The van der Waals surface area contributed by atoms with Gasteiger partial charge in [0.05, 0.1) is 13.2 Å². The Balaban J connectivity index is 0.00000240. The first-order chi connectivity index (χ1) is 14.1. The highest BCUT2D eigenvalue weighted by Gasteiger charge is 2.30. The lowest BCUT2D eigenvalue weighted by atomic mass is 9.69. The molecule has 1 aromatic carbocycles. The summed E-state index contributed by atoms with van der Waals surface area (Å²) in [4.78, 5) is 0. The van der Waals surface area contributed by atoms with E-state index in [2.05, 4.69) is 19.2 Å². The molecule has 0 bridgehead atoms. The van der Waals surface area contributed by atoms with Gasteiger partial charge in [0.15, 0.2) is 11.5 Å². The van der Waals surface area contributed by atoms with Crippen LogP contribution < -0.4 is 9.47 Å². The smallest absolute Gasteiger partial charge is 0.204 e. The zero-order valence-corrected chi connectivity index (χ0v) is 17.4. The highest BCUT2D eigenvalue weighted by atomic mass is 19.2. The molecule has 0 heterocycles. The van der Waals surface area contributed by atoms with Crippen LogP contribution in [0.15, 0.2) is 37.4 Å². The summed E-state index contributed by atoms with van der Waals surface area (Å²) in [6, 6.07) is 2.90. The van der Waals surface area contributed by atoms with Crippen molar-refractivity contribution in [2.75, 3.05) is 13.2 Å². The van der Waals surface area contributed by atoms with E-state index in [0.717, 1.165) is 24.7 Å². The van der Waals surface area contributed by atoms with Gasteiger partial charge in [0.2, 0.25) is 11.6 Å². The normalized spacial score (nSPS) is 27.2. The zero-order valence-electron chi connectivity index (χ0n) is 17.4. The molecule has 29 heavy (non-hydrogen) atoms. The first kappa shape index (κ1) is 21.9. The summed E-state index contributed by atoms with van der Waals surface area (Å²) in [6.07, 6.45) is 14.3. The van der Waals surface area contributed by atoms with Gasteiger partial charge in [-0.2, -0.15) is 8.78 Å². The maximum absolute atomic E-state index is 14.3. The third-order valence-electron chi connectivity index (χ3n) is 6.77. The highest BCUT2D eigenvalue weighted by Crippen LogP contribution is 2.41. The lowest BCUT2D eigenvalue weighted by molar-refractivity contribution is 0.127. The molecule has 0 N–H and O–H groups in total. The second-order valence-corrected chi connectivity index (χ2v) is 8.62. The van der Waals surface area contributed by atoms with Crippen molar-refractivity contribution in [3.63, 3.8) is 0 Å². The minimum absolute atomic E-state index is 0. The molecule has 0 amide bonds.